The third kappa shape index (κ3) is 6.51. The molecule has 10 nitrogen and oxygen atoms in total. The molecule has 158 valence electrons. The first-order valence-electron chi connectivity index (χ1n) is 9.18. The van der Waals surface area contributed by atoms with E-state index in [4.69, 9.17) is 9.47 Å². The predicted molar refractivity (Wildman–Crippen MR) is 104 cm³/mol. The van der Waals surface area contributed by atoms with Gasteiger partial charge in [0.15, 0.2) is 11.4 Å². The van der Waals surface area contributed by atoms with Crippen molar-refractivity contribution < 1.29 is 23.9 Å². The van der Waals surface area contributed by atoms with E-state index >= 15 is 0 Å². The minimum absolute atomic E-state index is 0.120. The Morgan fingerprint density at radius 2 is 1.69 bits per heavy atom. The van der Waals surface area contributed by atoms with Crippen LogP contribution in [0.2, 0.25) is 0 Å². The van der Waals surface area contributed by atoms with E-state index in [9.17, 15) is 14.4 Å². The summed E-state index contributed by atoms with van der Waals surface area (Å²) < 4.78 is 11.5. The maximum Gasteiger partial charge on any atom is 0.437 e. The zero-order valence-corrected chi connectivity index (χ0v) is 17.8. The molecule has 0 aliphatic rings. The van der Waals surface area contributed by atoms with Crippen LogP contribution in [-0.2, 0) is 20.7 Å². The van der Waals surface area contributed by atoms with Crippen molar-refractivity contribution in [3.8, 4) is 0 Å². The molecule has 0 spiro atoms. The van der Waals surface area contributed by atoms with Crippen molar-refractivity contribution >= 4 is 29.1 Å². The summed E-state index contributed by atoms with van der Waals surface area (Å²) in [5.74, 6) is -0.248. The molecule has 2 aromatic heterocycles. The molecule has 1 atom stereocenters. The highest BCUT2D eigenvalue weighted by Crippen LogP contribution is 2.14. The maximum atomic E-state index is 12.2. The molecule has 0 bridgehead atoms. The number of ether oxygens (including phenoxy) is 2. The third-order valence-corrected chi connectivity index (χ3v) is 3.49. The van der Waals surface area contributed by atoms with E-state index in [1.54, 1.807) is 41.5 Å². The fourth-order valence-corrected chi connectivity index (χ4v) is 2.34. The standard InChI is InChI=1S/C19H27N5O5/c1-11(25)13(23-16(26)28-18(2,3)4)8-12-9-20-15-14(22-12)10-21-24(15)17(27)29-19(5,6)7/h9-10,13H,8H2,1-7H3,(H,23,26)/t13-/m0/s1. The minimum atomic E-state index is -0.822. The van der Waals surface area contributed by atoms with Crippen LogP contribution in [0.5, 0.6) is 0 Å². The van der Waals surface area contributed by atoms with Crippen LogP contribution in [0, 0.1) is 0 Å². The zero-order chi connectivity index (χ0) is 22.0. The number of ketones is 1. The van der Waals surface area contributed by atoms with Crippen LogP contribution in [0.25, 0.3) is 11.2 Å². The number of nitrogens with zero attached hydrogens (tertiary/aromatic N) is 4. The fourth-order valence-electron chi connectivity index (χ4n) is 2.34. The highest BCUT2D eigenvalue weighted by atomic mass is 16.6. The lowest BCUT2D eigenvalue weighted by molar-refractivity contribution is -0.119. The molecule has 2 heterocycles. The fraction of sp³-hybridized carbons (Fsp3) is 0.579. The van der Waals surface area contributed by atoms with Gasteiger partial charge in [-0.15, -0.1) is 4.68 Å². The highest BCUT2D eigenvalue weighted by molar-refractivity contribution is 5.86. The summed E-state index contributed by atoms with van der Waals surface area (Å²) in [5, 5.41) is 6.53. The Labute approximate surface area is 169 Å². The number of aromatic nitrogens is 4. The molecular weight excluding hydrogens is 378 g/mol. The molecule has 29 heavy (non-hydrogen) atoms. The Morgan fingerprint density at radius 1 is 1.07 bits per heavy atom. The highest BCUT2D eigenvalue weighted by Gasteiger charge is 2.24. The topological polar surface area (TPSA) is 125 Å². The summed E-state index contributed by atoms with van der Waals surface area (Å²) in [6, 6.07) is -0.822. The number of carbonyl (C=O) groups is 3. The number of rotatable bonds is 4. The SMILES string of the molecule is CC(=O)[C@H](Cc1cnc2c(cnn2C(=O)OC(C)(C)C)n1)NC(=O)OC(C)(C)C. The van der Waals surface area contributed by atoms with Crippen LogP contribution < -0.4 is 5.32 Å². The largest absolute Gasteiger partial charge is 0.444 e. The number of alkyl carbamates (subject to hydrolysis) is 1. The molecule has 0 saturated carbocycles. The lowest BCUT2D eigenvalue weighted by Crippen LogP contribution is -2.44. The monoisotopic (exact) mass is 405 g/mol. The Balaban J connectivity index is 2.18. The van der Waals surface area contributed by atoms with Gasteiger partial charge >= 0.3 is 12.2 Å². The average molecular weight is 405 g/mol. The number of hydrogen-bond donors (Lipinski definition) is 1. The van der Waals surface area contributed by atoms with E-state index in [0.29, 0.717) is 11.2 Å². The van der Waals surface area contributed by atoms with Crippen molar-refractivity contribution in [1.29, 1.82) is 0 Å². The van der Waals surface area contributed by atoms with Crippen molar-refractivity contribution in [3.05, 3.63) is 18.1 Å². The van der Waals surface area contributed by atoms with Crippen LogP contribution in [-0.4, -0.2) is 55.0 Å². The second-order valence-corrected chi connectivity index (χ2v) is 8.62. The van der Waals surface area contributed by atoms with Crippen LogP contribution >= 0.6 is 0 Å². The Hall–Kier alpha value is -3.04. The molecule has 0 aromatic carbocycles. The van der Waals surface area contributed by atoms with Crippen molar-refractivity contribution in [2.75, 3.05) is 0 Å². The molecular formula is C19H27N5O5. The van der Waals surface area contributed by atoms with E-state index in [-0.39, 0.29) is 17.9 Å². The first-order valence-corrected chi connectivity index (χ1v) is 9.18. The molecule has 1 N–H and O–H groups in total. The number of Topliss-reactive ketones (excluding diaryl/α,β-unsaturated/α-hetero) is 1. The van der Waals surface area contributed by atoms with Gasteiger partial charge in [0.25, 0.3) is 0 Å². The Morgan fingerprint density at radius 3 is 2.24 bits per heavy atom. The van der Waals surface area contributed by atoms with Crippen molar-refractivity contribution in [2.24, 2.45) is 0 Å². The number of fused-ring (bicyclic) bond motifs is 1. The molecule has 0 unspecified atom stereocenters. The van der Waals surface area contributed by atoms with Crippen LogP contribution in [0.15, 0.2) is 12.4 Å². The quantitative estimate of drug-likeness (QED) is 0.823. The summed E-state index contributed by atoms with van der Waals surface area (Å²) in [4.78, 5) is 44.8. The molecule has 2 aromatic rings. The molecule has 2 rings (SSSR count). The van der Waals surface area contributed by atoms with E-state index in [1.165, 1.54) is 19.3 Å². The van der Waals surface area contributed by atoms with E-state index in [1.807, 2.05) is 0 Å². The first kappa shape index (κ1) is 22.3. The lowest BCUT2D eigenvalue weighted by Gasteiger charge is -2.22. The van der Waals surface area contributed by atoms with Gasteiger partial charge in [0.05, 0.1) is 24.1 Å². The number of hydrogen-bond acceptors (Lipinski definition) is 8. The summed E-state index contributed by atoms with van der Waals surface area (Å²) in [6.45, 7) is 11.8. The van der Waals surface area contributed by atoms with Gasteiger partial charge in [-0.05, 0) is 48.5 Å². The molecule has 0 radical (unpaired) electrons. The Kier molecular flexibility index (Phi) is 6.24. The van der Waals surface area contributed by atoms with E-state index < -0.39 is 29.4 Å². The van der Waals surface area contributed by atoms with E-state index in [0.717, 1.165) is 4.68 Å². The predicted octanol–water partition coefficient (Wildman–Crippen LogP) is 2.63. The van der Waals surface area contributed by atoms with Gasteiger partial charge in [0.2, 0.25) is 0 Å². The minimum Gasteiger partial charge on any atom is -0.444 e. The van der Waals surface area contributed by atoms with Gasteiger partial charge < -0.3 is 14.8 Å². The summed E-state index contributed by atoms with van der Waals surface area (Å²) in [7, 11) is 0. The van der Waals surface area contributed by atoms with Gasteiger partial charge in [0, 0.05) is 6.42 Å². The van der Waals surface area contributed by atoms with Gasteiger partial charge in [-0.2, -0.15) is 5.10 Å². The second kappa shape index (κ2) is 8.14. The van der Waals surface area contributed by atoms with Crippen LogP contribution in [0.1, 0.15) is 54.2 Å². The third-order valence-electron chi connectivity index (χ3n) is 3.49. The van der Waals surface area contributed by atoms with Gasteiger partial charge in [-0.1, -0.05) is 0 Å². The summed E-state index contributed by atoms with van der Waals surface area (Å²) in [6.07, 6.45) is 1.58. The van der Waals surface area contributed by atoms with E-state index in [2.05, 4.69) is 20.4 Å². The number of carbonyl (C=O) groups excluding carboxylic acids is 3. The van der Waals surface area contributed by atoms with Gasteiger partial charge in [-0.25, -0.2) is 19.6 Å². The Bertz CT molecular complexity index is 923. The molecule has 0 aliphatic heterocycles. The molecule has 0 aliphatic carbocycles. The molecule has 10 heteroatoms. The summed E-state index contributed by atoms with van der Waals surface area (Å²) in [5.41, 5.74) is -0.293. The van der Waals surface area contributed by atoms with Crippen LogP contribution in [0.4, 0.5) is 9.59 Å². The summed E-state index contributed by atoms with van der Waals surface area (Å²) >= 11 is 0. The molecule has 0 saturated heterocycles. The van der Waals surface area contributed by atoms with Gasteiger partial charge in [-0.3, -0.25) is 4.79 Å². The first-order chi connectivity index (χ1) is 13.2. The maximum absolute atomic E-state index is 12.2. The lowest BCUT2D eigenvalue weighted by atomic mass is 10.1. The zero-order valence-electron chi connectivity index (χ0n) is 17.8. The normalized spacial score (nSPS) is 13.1. The van der Waals surface area contributed by atoms with Gasteiger partial charge in [0.1, 0.15) is 16.7 Å². The second-order valence-electron chi connectivity index (χ2n) is 8.62. The smallest absolute Gasteiger partial charge is 0.437 e. The average Bonchev–Trinajstić information content (AvgIpc) is 2.94. The van der Waals surface area contributed by atoms with Crippen molar-refractivity contribution in [3.63, 3.8) is 0 Å². The number of nitrogens with one attached hydrogen (secondary N) is 1. The molecule has 1 amide bonds. The molecule has 0 fully saturated rings. The van der Waals surface area contributed by atoms with Crippen molar-refractivity contribution in [1.82, 2.24) is 25.1 Å². The number of amides is 1. The van der Waals surface area contributed by atoms with Crippen molar-refractivity contribution in [2.45, 2.75) is 72.1 Å². The van der Waals surface area contributed by atoms with Crippen LogP contribution in [0.3, 0.4) is 0 Å².